The molecule has 27 heavy (non-hydrogen) atoms. The molecule has 3 heterocycles. The van der Waals surface area contributed by atoms with Crippen LogP contribution < -0.4 is 11.1 Å². The number of pyridine rings is 1. The lowest BCUT2D eigenvalue weighted by Gasteiger charge is -2.09. The highest BCUT2D eigenvalue weighted by Gasteiger charge is 2.12. The first-order valence-electron chi connectivity index (χ1n) is 8.50. The Hall–Kier alpha value is -3.68. The molecule has 8 heteroatoms. The minimum Gasteiger partial charge on any atom is -0.408 e. The number of carbonyl (C=O) groups is 1. The number of hydrogen-bond acceptors (Lipinski definition) is 5. The molecule has 0 unspecified atom stereocenters. The van der Waals surface area contributed by atoms with Gasteiger partial charge < -0.3 is 14.3 Å². The summed E-state index contributed by atoms with van der Waals surface area (Å²) >= 11 is 0. The van der Waals surface area contributed by atoms with Crippen LogP contribution in [0, 0.1) is 0 Å². The van der Waals surface area contributed by atoms with Crippen LogP contribution in [0.25, 0.3) is 22.6 Å². The zero-order valence-electron chi connectivity index (χ0n) is 14.4. The van der Waals surface area contributed by atoms with Crippen LogP contribution in [0.1, 0.15) is 0 Å². The number of oxazole rings is 1. The van der Waals surface area contributed by atoms with Crippen molar-refractivity contribution >= 4 is 17.0 Å². The van der Waals surface area contributed by atoms with Crippen molar-refractivity contribution in [1.82, 2.24) is 24.4 Å². The van der Waals surface area contributed by atoms with Crippen LogP contribution >= 0.6 is 0 Å². The van der Waals surface area contributed by atoms with Gasteiger partial charge in [-0.15, -0.1) is 0 Å². The Kier molecular flexibility index (Phi) is 4.52. The van der Waals surface area contributed by atoms with E-state index in [2.05, 4.69) is 15.3 Å². The summed E-state index contributed by atoms with van der Waals surface area (Å²) in [6.45, 7) is 0.852. The SMILES string of the molecule is O=C(Cn1c(=O)oc2ccccc21)NCCn1ccnc1-c1ccccn1. The molecule has 0 saturated heterocycles. The van der Waals surface area contributed by atoms with Crippen LogP contribution in [0.3, 0.4) is 0 Å². The molecule has 4 aromatic rings. The summed E-state index contributed by atoms with van der Waals surface area (Å²) in [5, 5.41) is 2.82. The third kappa shape index (κ3) is 3.50. The summed E-state index contributed by atoms with van der Waals surface area (Å²) in [6, 6.07) is 12.6. The van der Waals surface area contributed by atoms with Crippen molar-refractivity contribution in [2.75, 3.05) is 6.54 Å². The molecule has 0 aliphatic carbocycles. The largest absolute Gasteiger partial charge is 0.420 e. The maximum Gasteiger partial charge on any atom is 0.420 e. The number of para-hydroxylation sites is 2. The Morgan fingerprint density at radius 3 is 2.78 bits per heavy atom. The zero-order valence-corrected chi connectivity index (χ0v) is 14.4. The molecule has 0 aliphatic heterocycles. The molecule has 0 atom stereocenters. The fraction of sp³-hybridized carbons (Fsp3) is 0.158. The Balaban J connectivity index is 1.39. The lowest BCUT2D eigenvalue weighted by molar-refractivity contribution is -0.121. The van der Waals surface area contributed by atoms with E-state index in [0.29, 0.717) is 24.2 Å². The minimum absolute atomic E-state index is 0.0904. The van der Waals surface area contributed by atoms with Crippen LogP contribution in [0.2, 0.25) is 0 Å². The number of nitrogens with one attached hydrogen (secondary N) is 1. The monoisotopic (exact) mass is 363 g/mol. The highest BCUT2D eigenvalue weighted by atomic mass is 16.4. The van der Waals surface area contributed by atoms with Gasteiger partial charge >= 0.3 is 5.76 Å². The number of nitrogens with zero attached hydrogens (tertiary/aromatic N) is 4. The topological polar surface area (TPSA) is 94.9 Å². The van der Waals surface area contributed by atoms with Crippen molar-refractivity contribution < 1.29 is 9.21 Å². The molecule has 0 bridgehead atoms. The maximum atomic E-state index is 12.2. The average Bonchev–Trinajstić information content (AvgIpc) is 3.27. The van der Waals surface area contributed by atoms with E-state index in [-0.39, 0.29) is 12.5 Å². The highest BCUT2D eigenvalue weighted by Crippen LogP contribution is 2.13. The van der Waals surface area contributed by atoms with Gasteiger partial charge in [0.15, 0.2) is 11.4 Å². The second kappa shape index (κ2) is 7.28. The van der Waals surface area contributed by atoms with Gasteiger partial charge in [-0.05, 0) is 24.3 Å². The van der Waals surface area contributed by atoms with E-state index in [1.165, 1.54) is 4.57 Å². The van der Waals surface area contributed by atoms with Crippen LogP contribution in [-0.4, -0.2) is 31.6 Å². The van der Waals surface area contributed by atoms with Gasteiger partial charge in [-0.25, -0.2) is 9.78 Å². The summed E-state index contributed by atoms with van der Waals surface area (Å²) in [6.07, 6.45) is 5.25. The first-order valence-corrected chi connectivity index (χ1v) is 8.50. The molecular weight excluding hydrogens is 346 g/mol. The number of hydrogen-bond donors (Lipinski definition) is 1. The molecule has 0 spiro atoms. The highest BCUT2D eigenvalue weighted by molar-refractivity contribution is 5.79. The summed E-state index contributed by atoms with van der Waals surface area (Å²) in [4.78, 5) is 32.8. The second-order valence-electron chi connectivity index (χ2n) is 5.93. The van der Waals surface area contributed by atoms with Gasteiger partial charge in [0.25, 0.3) is 0 Å². The third-order valence-electron chi connectivity index (χ3n) is 4.16. The Bertz CT molecular complexity index is 1130. The van der Waals surface area contributed by atoms with E-state index >= 15 is 0 Å². The predicted octanol–water partition coefficient (Wildman–Crippen LogP) is 1.67. The van der Waals surface area contributed by atoms with Crippen molar-refractivity contribution in [2.24, 2.45) is 0 Å². The van der Waals surface area contributed by atoms with Gasteiger partial charge in [0.1, 0.15) is 12.2 Å². The standard InChI is InChI=1S/C19H17N5O3/c25-17(13-24-15-6-1-2-7-16(15)27-19(24)26)21-9-11-23-12-10-22-18(23)14-5-3-4-8-20-14/h1-8,10,12H,9,11,13H2,(H,21,25). The molecule has 8 nitrogen and oxygen atoms in total. The quantitative estimate of drug-likeness (QED) is 0.562. The van der Waals surface area contributed by atoms with Gasteiger partial charge in [0.2, 0.25) is 5.91 Å². The Morgan fingerprint density at radius 2 is 1.93 bits per heavy atom. The minimum atomic E-state index is -0.543. The van der Waals surface area contributed by atoms with E-state index in [4.69, 9.17) is 4.42 Å². The predicted molar refractivity (Wildman–Crippen MR) is 98.9 cm³/mol. The van der Waals surface area contributed by atoms with E-state index in [0.717, 1.165) is 11.5 Å². The molecule has 1 amide bonds. The summed E-state index contributed by atoms with van der Waals surface area (Å²) < 4.78 is 8.38. The molecule has 3 aromatic heterocycles. The van der Waals surface area contributed by atoms with Gasteiger partial charge in [-0.3, -0.25) is 14.3 Å². The van der Waals surface area contributed by atoms with E-state index in [9.17, 15) is 9.59 Å². The van der Waals surface area contributed by atoms with Crippen molar-refractivity contribution in [2.45, 2.75) is 13.1 Å². The van der Waals surface area contributed by atoms with Gasteiger partial charge in [-0.1, -0.05) is 18.2 Å². The van der Waals surface area contributed by atoms with Crippen molar-refractivity contribution in [3.8, 4) is 11.5 Å². The molecule has 4 rings (SSSR count). The summed E-state index contributed by atoms with van der Waals surface area (Å²) in [7, 11) is 0. The molecular formula is C19H17N5O3. The number of carbonyl (C=O) groups excluding carboxylic acids is 1. The van der Waals surface area contributed by atoms with E-state index in [1.807, 2.05) is 29.0 Å². The summed E-state index contributed by atoms with van der Waals surface area (Å²) in [5.74, 6) is -0.0663. The number of fused-ring (bicyclic) bond motifs is 1. The lowest BCUT2D eigenvalue weighted by Crippen LogP contribution is -2.32. The molecule has 0 fully saturated rings. The Labute approximate surface area is 154 Å². The molecule has 1 N–H and O–H groups in total. The summed E-state index contributed by atoms with van der Waals surface area (Å²) in [5.41, 5.74) is 1.84. The van der Waals surface area contributed by atoms with Crippen LogP contribution in [0.4, 0.5) is 0 Å². The fourth-order valence-corrected chi connectivity index (χ4v) is 2.90. The smallest absolute Gasteiger partial charge is 0.408 e. The average molecular weight is 363 g/mol. The fourth-order valence-electron chi connectivity index (χ4n) is 2.90. The number of imidazole rings is 1. The lowest BCUT2D eigenvalue weighted by atomic mass is 10.3. The first kappa shape index (κ1) is 16.8. The number of amides is 1. The normalized spacial score (nSPS) is 11.0. The maximum absolute atomic E-state index is 12.2. The van der Waals surface area contributed by atoms with Gasteiger partial charge in [-0.2, -0.15) is 0 Å². The molecule has 0 saturated carbocycles. The molecule has 0 aliphatic rings. The van der Waals surface area contributed by atoms with Crippen LogP contribution in [0.5, 0.6) is 0 Å². The van der Waals surface area contributed by atoms with Gasteiger partial charge in [0, 0.05) is 31.7 Å². The molecule has 1 aromatic carbocycles. The number of benzene rings is 1. The van der Waals surface area contributed by atoms with Gasteiger partial charge in [0.05, 0.1) is 5.52 Å². The first-order chi connectivity index (χ1) is 13.2. The van der Waals surface area contributed by atoms with Crippen molar-refractivity contribution in [3.05, 3.63) is 71.6 Å². The second-order valence-corrected chi connectivity index (χ2v) is 5.93. The molecule has 136 valence electrons. The number of aromatic nitrogens is 4. The van der Waals surface area contributed by atoms with Crippen molar-refractivity contribution in [1.29, 1.82) is 0 Å². The van der Waals surface area contributed by atoms with E-state index < -0.39 is 5.76 Å². The van der Waals surface area contributed by atoms with Crippen molar-refractivity contribution in [3.63, 3.8) is 0 Å². The van der Waals surface area contributed by atoms with Crippen LogP contribution in [-0.2, 0) is 17.9 Å². The number of rotatable bonds is 6. The Morgan fingerprint density at radius 1 is 1.07 bits per heavy atom. The van der Waals surface area contributed by atoms with E-state index in [1.54, 1.807) is 36.7 Å². The van der Waals surface area contributed by atoms with Crippen LogP contribution in [0.15, 0.2) is 70.3 Å². The molecule has 0 radical (unpaired) electrons. The third-order valence-corrected chi connectivity index (χ3v) is 4.16. The zero-order chi connectivity index (χ0) is 18.6.